The highest BCUT2D eigenvalue weighted by molar-refractivity contribution is 7.89. The maximum absolute atomic E-state index is 13.3. The van der Waals surface area contributed by atoms with Crippen LogP contribution in [0.1, 0.15) is 11.1 Å². The number of sulfonamides is 1. The van der Waals surface area contributed by atoms with Crippen LogP contribution in [0, 0.1) is 29.1 Å². The predicted octanol–water partition coefficient (Wildman–Crippen LogP) is 0.775. The Hall–Kier alpha value is -4.83. The Balaban J connectivity index is 1.24. The summed E-state index contributed by atoms with van der Waals surface area (Å²) < 4.78 is 38.9. The van der Waals surface area contributed by atoms with E-state index in [-0.39, 0.29) is 28.6 Å². The topological polar surface area (TPSA) is 187 Å². The van der Waals surface area contributed by atoms with Gasteiger partial charge in [-0.2, -0.15) is 9.57 Å². The van der Waals surface area contributed by atoms with Gasteiger partial charge in [-0.1, -0.05) is 30.0 Å². The minimum Gasteiger partial charge on any atom is -0.495 e. The maximum atomic E-state index is 13.3. The maximum Gasteiger partial charge on any atom is 0.242 e. The number of benzene rings is 2. The van der Waals surface area contributed by atoms with Crippen LogP contribution in [0.3, 0.4) is 0 Å². The molecule has 1 saturated heterocycles. The second-order valence-corrected chi connectivity index (χ2v) is 12.8. The fourth-order valence-corrected chi connectivity index (χ4v) is 6.79. The first-order chi connectivity index (χ1) is 21.6. The molecule has 3 aliphatic rings. The Morgan fingerprint density at radius 3 is 2.73 bits per heavy atom. The first kappa shape index (κ1) is 30.2. The number of para-hydroxylation sites is 1. The molecule has 14 heteroatoms. The zero-order valence-electron chi connectivity index (χ0n) is 24.2. The molecule has 2 aromatic carbocycles. The van der Waals surface area contributed by atoms with E-state index < -0.39 is 46.6 Å². The molecule has 6 rings (SSSR count). The highest BCUT2D eigenvalue weighted by Crippen LogP contribution is 2.37. The highest BCUT2D eigenvalue weighted by atomic mass is 32.2. The van der Waals surface area contributed by atoms with Gasteiger partial charge in [0.2, 0.25) is 10.0 Å². The molecule has 13 nitrogen and oxygen atoms in total. The van der Waals surface area contributed by atoms with Crippen molar-refractivity contribution in [3.05, 3.63) is 77.6 Å². The van der Waals surface area contributed by atoms with Gasteiger partial charge in [-0.3, -0.25) is 4.98 Å². The molecule has 1 aromatic heterocycles. The number of aromatic nitrogens is 1. The van der Waals surface area contributed by atoms with Crippen molar-refractivity contribution in [3.8, 4) is 23.7 Å². The normalized spacial score (nSPS) is 25.7. The van der Waals surface area contributed by atoms with E-state index in [2.05, 4.69) is 26.8 Å². The van der Waals surface area contributed by atoms with Crippen LogP contribution < -0.4 is 10.5 Å². The summed E-state index contributed by atoms with van der Waals surface area (Å²) in [5, 5.41) is 32.4. The Bertz CT molecular complexity index is 1960. The molecular formula is C31H29N7O6S. The zero-order valence-corrected chi connectivity index (χ0v) is 25.0. The van der Waals surface area contributed by atoms with Gasteiger partial charge < -0.3 is 30.3 Å². The molecular weight excluding hydrogens is 598 g/mol. The van der Waals surface area contributed by atoms with E-state index in [0.717, 1.165) is 15.2 Å². The molecule has 0 spiro atoms. The Kier molecular flexibility index (Phi) is 8.01. The molecule has 4 heterocycles. The van der Waals surface area contributed by atoms with Crippen molar-refractivity contribution in [1.29, 1.82) is 5.26 Å². The van der Waals surface area contributed by atoms with Crippen LogP contribution in [0.2, 0.25) is 0 Å². The van der Waals surface area contributed by atoms with Gasteiger partial charge in [-0.15, -0.1) is 0 Å². The zero-order chi connectivity index (χ0) is 31.9. The third kappa shape index (κ3) is 5.50. The lowest BCUT2D eigenvalue weighted by atomic mass is 9.97. The minimum atomic E-state index is -4.09. The molecule has 3 aliphatic heterocycles. The predicted molar refractivity (Wildman–Crippen MR) is 164 cm³/mol. The number of amidine groups is 1. The van der Waals surface area contributed by atoms with Crippen molar-refractivity contribution >= 4 is 33.1 Å². The number of nitrogens with two attached hydrogens (primary N) is 1. The first-order valence-corrected chi connectivity index (χ1v) is 15.3. The number of aliphatic imine (C=N–C) groups is 2. The molecule has 6 atom stereocenters. The SMILES string of the molecule is COc1ccc(S(=O)(=O)N(C)C[C@H]2O[C@@H](N3C=C(C#Cc4cnc5ccccc5c4)C4C(N)=NC=NC43)[C@H](O)[C@@H]2O)cc1C#N. The van der Waals surface area contributed by atoms with Gasteiger partial charge in [-0.05, 0) is 30.3 Å². The summed E-state index contributed by atoms with van der Waals surface area (Å²) >= 11 is 0. The van der Waals surface area contributed by atoms with Gasteiger partial charge >= 0.3 is 0 Å². The molecule has 0 saturated carbocycles. The van der Waals surface area contributed by atoms with Gasteiger partial charge in [0.1, 0.15) is 48.5 Å². The number of aliphatic hydroxyl groups is 2. The van der Waals surface area contributed by atoms with Crippen molar-refractivity contribution < 1.29 is 28.1 Å². The molecule has 1 fully saturated rings. The highest BCUT2D eigenvalue weighted by Gasteiger charge is 2.51. The molecule has 2 unspecified atom stereocenters. The van der Waals surface area contributed by atoms with E-state index in [0.29, 0.717) is 11.1 Å². The number of hydrogen-bond donors (Lipinski definition) is 3. The smallest absolute Gasteiger partial charge is 0.242 e. The number of nitrogens with zero attached hydrogens (tertiary/aromatic N) is 6. The average Bonchev–Trinajstić information content (AvgIpc) is 3.56. The Morgan fingerprint density at radius 2 is 1.96 bits per heavy atom. The van der Waals surface area contributed by atoms with Gasteiger partial charge in [0.25, 0.3) is 0 Å². The van der Waals surface area contributed by atoms with Crippen molar-refractivity contribution in [1.82, 2.24) is 14.2 Å². The largest absolute Gasteiger partial charge is 0.495 e. The van der Waals surface area contributed by atoms with E-state index in [4.69, 9.17) is 15.2 Å². The number of rotatable bonds is 6. The van der Waals surface area contributed by atoms with Crippen molar-refractivity contribution in [2.24, 2.45) is 21.6 Å². The van der Waals surface area contributed by atoms with Gasteiger partial charge in [-0.25, -0.2) is 18.4 Å². The number of aliphatic hydroxyl groups excluding tert-OH is 2. The average molecular weight is 628 g/mol. The number of hydrogen-bond acceptors (Lipinski definition) is 12. The third-order valence-corrected chi connectivity index (χ3v) is 9.80. The van der Waals surface area contributed by atoms with E-state index in [1.54, 1.807) is 17.3 Å². The van der Waals surface area contributed by atoms with Crippen LogP contribution in [0.4, 0.5) is 0 Å². The number of ether oxygens (including phenoxy) is 2. The minimum absolute atomic E-state index is 0.0571. The van der Waals surface area contributed by atoms with Crippen LogP contribution >= 0.6 is 0 Å². The molecule has 0 radical (unpaired) electrons. The third-order valence-electron chi connectivity index (χ3n) is 7.98. The van der Waals surface area contributed by atoms with Gasteiger partial charge in [0, 0.05) is 42.5 Å². The molecule has 0 amide bonds. The van der Waals surface area contributed by atoms with Gasteiger partial charge in [0.05, 0.1) is 29.0 Å². The summed E-state index contributed by atoms with van der Waals surface area (Å²) in [6, 6.07) is 15.5. The molecule has 0 aliphatic carbocycles. The van der Waals surface area contributed by atoms with Crippen molar-refractivity contribution in [2.45, 2.75) is 35.6 Å². The number of methoxy groups -OCH3 is 1. The van der Waals surface area contributed by atoms with E-state index >= 15 is 0 Å². The molecule has 4 N–H and O–H groups in total. The monoisotopic (exact) mass is 627 g/mol. The quantitative estimate of drug-likeness (QED) is 0.330. The second kappa shape index (κ2) is 11.9. The summed E-state index contributed by atoms with van der Waals surface area (Å²) in [5.41, 5.74) is 8.44. The number of pyridine rings is 1. The number of fused-ring (bicyclic) bond motifs is 2. The van der Waals surface area contributed by atoms with Crippen molar-refractivity contribution in [2.75, 3.05) is 20.7 Å². The van der Waals surface area contributed by atoms with Crippen molar-refractivity contribution in [3.63, 3.8) is 0 Å². The Labute approximate surface area is 259 Å². The summed E-state index contributed by atoms with van der Waals surface area (Å²) in [6.45, 7) is -0.287. The molecule has 230 valence electrons. The summed E-state index contributed by atoms with van der Waals surface area (Å²) in [4.78, 5) is 14.5. The molecule has 3 aromatic rings. The second-order valence-electron chi connectivity index (χ2n) is 10.7. The summed E-state index contributed by atoms with van der Waals surface area (Å²) in [7, 11) is -1.39. The van der Waals surface area contributed by atoms with Crippen LogP contribution in [0.15, 0.2) is 81.4 Å². The van der Waals surface area contributed by atoms with Crippen LogP contribution in [-0.2, 0) is 14.8 Å². The van der Waals surface area contributed by atoms with Crippen LogP contribution in [0.25, 0.3) is 10.9 Å². The van der Waals surface area contributed by atoms with Gasteiger partial charge in [0.15, 0.2) is 6.23 Å². The first-order valence-electron chi connectivity index (χ1n) is 13.9. The fraction of sp³-hybridized carbons (Fsp3) is 0.290. The number of likely N-dealkylation sites (N-methyl/N-ethyl adjacent to an activating group) is 1. The van der Waals surface area contributed by atoms with Crippen LogP contribution in [-0.4, -0.2) is 96.4 Å². The summed E-state index contributed by atoms with van der Waals surface area (Å²) in [6.07, 6.45) is -1.01. The van der Waals surface area contributed by atoms with Crippen LogP contribution in [0.5, 0.6) is 5.75 Å². The molecule has 0 bridgehead atoms. The lowest BCUT2D eigenvalue weighted by Gasteiger charge is -2.33. The lowest BCUT2D eigenvalue weighted by molar-refractivity contribution is -0.0825. The summed E-state index contributed by atoms with van der Waals surface area (Å²) in [5.74, 6) is 6.26. The Morgan fingerprint density at radius 1 is 1.16 bits per heavy atom. The standard InChI is InChI=1S/C31H29N7O6S/c1-37(45(41,42)22-9-10-24(43-2)21(12-22)13-32)16-25-27(39)28(40)31(44-25)38-15-20(26-29(33)35-17-36-30(26)38)8-7-18-11-19-5-3-4-6-23(19)34-14-18/h3-6,9-12,14-15,17,25-28,30-31,39-40H,16H2,1-2H3,(H2,33,35,36)/t25-,26?,27-,28-,30?,31-/m1/s1. The van der Waals surface area contributed by atoms with E-state index in [1.165, 1.54) is 38.7 Å². The van der Waals surface area contributed by atoms with E-state index in [9.17, 15) is 23.9 Å². The molecule has 45 heavy (non-hydrogen) atoms. The fourth-order valence-electron chi connectivity index (χ4n) is 5.58. The number of nitriles is 1. The van der Waals surface area contributed by atoms with E-state index in [1.807, 2.05) is 36.4 Å². The lowest BCUT2D eigenvalue weighted by Crippen LogP contribution is -2.48.